The molecule has 1 aromatic carbocycles. The Morgan fingerprint density at radius 2 is 1.93 bits per heavy atom. The fraction of sp³-hybridized carbons (Fsp3) is 0.125. The highest BCUT2D eigenvalue weighted by molar-refractivity contribution is 7.90. The molecule has 6 heteroatoms. The maximum absolute atomic E-state index is 11.2. The Morgan fingerprint density at radius 3 is 2.57 bits per heavy atom. The molecule has 1 aromatic heterocycles. The van der Waals surface area contributed by atoms with E-state index in [0.29, 0.717) is 10.9 Å². The summed E-state index contributed by atoms with van der Waals surface area (Å²) >= 11 is 0. The van der Waals surface area contributed by atoms with Crippen LogP contribution in [-0.4, -0.2) is 24.9 Å². The van der Waals surface area contributed by atoms with E-state index in [0.717, 1.165) is 6.26 Å². The second-order valence-corrected chi connectivity index (χ2v) is 5.07. The molecule has 1 heterocycles. The van der Waals surface area contributed by atoms with Crippen LogP contribution in [0, 0.1) is 0 Å². The van der Waals surface area contributed by atoms with Crippen molar-refractivity contribution in [2.45, 2.75) is 4.90 Å². The lowest BCUT2D eigenvalue weighted by Gasteiger charge is -1.96. The van der Waals surface area contributed by atoms with Crippen LogP contribution in [0.3, 0.4) is 0 Å². The third-order valence-corrected chi connectivity index (χ3v) is 3.08. The van der Waals surface area contributed by atoms with Crippen LogP contribution in [0.4, 0.5) is 0 Å². The number of sulfone groups is 1. The summed E-state index contributed by atoms with van der Waals surface area (Å²) in [5.41, 5.74) is 0.285. The minimum atomic E-state index is -3.26. The molecule has 5 nitrogen and oxygen atoms in total. The van der Waals surface area contributed by atoms with E-state index in [-0.39, 0.29) is 10.5 Å². The molecule has 0 unspecified atom stereocenters. The van der Waals surface area contributed by atoms with Crippen molar-refractivity contribution < 1.29 is 8.42 Å². The number of benzene rings is 1. The molecule has 0 aliphatic heterocycles. The molecule has 14 heavy (non-hydrogen) atoms. The molecule has 74 valence electrons. The molecule has 2 N–H and O–H groups in total. The zero-order valence-electron chi connectivity index (χ0n) is 7.37. The number of fused-ring (bicyclic) bond motifs is 1. The largest absolute Gasteiger partial charge is 0.298 e. The molecule has 0 aliphatic rings. The summed E-state index contributed by atoms with van der Waals surface area (Å²) in [5.74, 6) is 0. The predicted octanol–water partition coefficient (Wildman–Crippen LogP) is 0.260. The van der Waals surface area contributed by atoms with Crippen molar-refractivity contribution in [2.24, 2.45) is 0 Å². The van der Waals surface area contributed by atoms with E-state index in [1.165, 1.54) is 12.1 Å². The Labute approximate surface area is 79.7 Å². The standard InChI is InChI=1S/C8H8N2O3S/c1-14(12,13)5-2-3-7-6(4-5)8(11)10-9-7/h2-4H,1H3,(H2,9,10,11). The third kappa shape index (κ3) is 1.33. The Kier molecular flexibility index (Phi) is 1.75. The number of hydrogen-bond donors (Lipinski definition) is 2. The summed E-state index contributed by atoms with van der Waals surface area (Å²) in [7, 11) is -3.26. The zero-order valence-corrected chi connectivity index (χ0v) is 8.18. The van der Waals surface area contributed by atoms with Crippen molar-refractivity contribution in [1.29, 1.82) is 0 Å². The van der Waals surface area contributed by atoms with Crippen molar-refractivity contribution in [2.75, 3.05) is 6.26 Å². The first-order chi connectivity index (χ1) is 6.48. The van der Waals surface area contributed by atoms with Crippen LogP contribution in [0.15, 0.2) is 27.9 Å². The molecule has 0 aliphatic carbocycles. The van der Waals surface area contributed by atoms with E-state index in [1.807, 2.05) is 0 Å². The lowest BCUT2D eigenvalue weighted by Crippen LogP contribution is -2.00. The Balaban J connectivity index is 2.86. The van der Waals surface area contributed by atoms with E-state index in [4.69, 9.17) is 0 Å². The van der Waals surface area contributed by atoms with Crippen molar-refractivity contribution in [1.82, 2.24) is 10.2 Å². The van der Waals surface area contributed by atoms with Gasteiger partial charge in [0.2, 0.25) is 0 Å². The van der Waals surface area contributed by atoms with Gasteiger partial charge in [-0.15, -0.1) is 0 Å². The van der Waals surface area contributed by atoms with Gasteiger partial charge in [0.15, 0.2) is 9.84 Å². The average molecular weight is 212 g/mol. The Bertz CT molecular complexity index is 636. The maximum Gasteiger partial charge on any atom is 0.271 e. The van der Waals surface area contributed by atoms with Gasteiger partial charge in [0, 0.05) is 6.26 Å². The monoisotopic (exact) mass is 212 g/mol. The third-order valence-electron chi connectivity index (χ3n) is 1.97. The number of nitrogens with one attached hydrogen (secondary N) is 2. The van der Waals surface area contributed by atoms with Gasteiger partial charge >= 0.3 is 0 Å². The number of aromatic amines is 2. The first-order valence-electron chi connectivity index (χ1n) is 3.89. The highest BCUT2D eigenvalue weighted by Crippen LogP contribution is 2.13. The lowest BCUT2D eigenvalue weighted by molar-refractivity contribution is 0.602. The fourth-order valence-corrected chi connectivity index (χ4v) is 1.89. The highest BCUT2D eigenvalue weighted by atomic mass is 32.2. The van der Waals surface area contributed by atoms with Crippen LogP contribution < -0.4 is 5.56 Å². The number of rotatable bonds is 1. The highest BCUT2D eigenvalue weighted by Gasteiger charge is 2.09. The smallest absolute Gasteiger partial charge is 0.271 e. The van der Waals surface area contributed by atoms with Gasteiger partial charge in [-0.3, -0.25) is 15.0 Å². The first kappa shape index (κ1) is 9.01. The molecular formula is C8H8N2O3S. The number of H-pyrrole nitrogens is 2. The minimum absolute atomic E-state index is 0.148. The van der Waals surface area contributed by atoms with Gasteiger partial charge in [-0.25, -0.2) is 8.42 Å². The molecular weight excluding hydrogens is 204 g/mol. The summed E-state index contributed by atoms with van der Waals surface area (Å²) in [6.45, 7) is 0. The van der Waals surface area contributed by atoms with Gasteiger partial charge < -0.3 is 0 Å². The minimum Gasteiger partial charge on any atom is -0.298 e. The van der Waals surface area contributed by atoms with Gasteiger partial charge in [-0.1, -0.05) is 0 Å². The molecule has 0 saturated heterocycles. The van der Waals surface area contributed by atoms with E-state index in [2.05, 4.69) is 10.2 Å². The van der Waals surface area contributed by atoms with Crippen LogP contribution in [0.1, 0.15) is 0 Å². The van der Waals surface area contributed by atoms with Crippen molar-refractivity contribution >= 4 is 20.7 Å². The molecule has 2 rings (SSSR count). The Hall–Kier alpha value is -1.56. The molecule has 0 spiro atoms. The van der Waals surface area contributed by atoms with Crippen LogP contribution in [-0.2, 0) is 9.84 Å². The van der Waals surface area contributed by atoms with E-state index < -0.39 is 9.84 Å². The number of hydrogen-bond acceptors (Lipinski definition) is 3. The summed E-state index contributed by atoms with van der Waals surface area (Å²) in [5, 5.41) is 5.37. The van der Waals surface area contributed by atoms with Crippen molar-refractivity contribution in [3.63, 3.8) is 0 Å². The molecule has 0 radical (unpaired) electrons. The SMILES string of the molecule is CS(=O)(=O)c1ccc2[nH][nH]c(=O)c2c1. The molecule has 0 amide bonds. The second kappa shape index (κ2) is 2.71. The van der Waals surface area contributed by atoms with E-state index in [9.17, 15) is 13.2 Å². The second-order valence-electron chi connectivity index (χ2n) is 3.06. The van der Waals surface area contributed by atoms with Gasteiger partial charge in [0.05, 0.1) is 15.8 Å². The van der Waals surface area contributed by atoms with Crippen molar-refractivity contribution in [3.8, 4) is 0 Å². The molecule has 0 saturated carbocycles. The van der Waals surface area contributed by atoms with Gasteiger partial charge in [0.25, 0.3) is 5.56 Å². The van der Waals surface area contributed by atoms with E-state index >= 15 is 0 Å². The summed E-state index contributed by atoms with van der Waals surface area (Å²) < 4.78 is 22.4. The van der Waals surface area contributed by atoms with Crippen LogP contribution >= 0.6 is 0 Å². The average Bonchev–Trinajstić information content (AvgIpc) is 2.46. The molecule has 0 bridgehead atoms. The summed E-state index contributed by atoms with van der Waals surface area (Å²) in [6.07, 6.45) is 1.11. The van der Waals surface area contributed by atoms with Gasteiger partial charge in [-0.2, -0.15) is 0 Å². The molecule has 0 fully saturated rings. The van der Waals surface area contributed by atoms with Crippen molar-refractivity contribution in [3.05, 3.63) is 28.6 Å². The normalized spacial score (nSPS) is 12.1. The quantitative estimate of drug-likeness (QED) is 0.711. The summed E-state index contributed by atoms with van der Waals surface area (Å²) in [6, 6.07) is 4.38. The van der Waals surface area contributed by atoms with Crippen LogP contribution in [0.25, 0.3) is 10.9 Å². The van der Waals surface area contributed by atoms with Gasteiger partial charge in [-0.05, 0) is 18.2 Å². The molecule has 0 atom stereocenters. The number of aromatic nitrogens is 2. The zero-order chi connectivity index (χ0) is 10.3. The fourth-order valence-electron chi connectivity index (χ4n) is 1.24. The maximum atomic E-state index is 11.2. The van der Waals surface area contributed by atoms with Crippen LogP contribution in [0.5, 0.6) is 0 Å². The Morgan fingerprint density at radius 1 is 1.21 bits per heavy atom. The summed E-state index contributed by atoms with van der Waals surface area (Å²) in [4.78, 5) is 11.3. The predicted molar refractivity (Wildman–Crippen MR) is 52.0 cm³/mol. The van der Waals surface area contributed by atoms with Gasteiger partial charge in [0.1, 0.15) is 0 Å². The topological polar surface area (TPSA) is 82.8 Å². The first-order valence-corrected chi connectivity index (χ1v) is 5.78. The van der Waals surface area contributed by atoms with E-state index in [1.54, 1.807) is 6.07 Å². The lowest BCUT2D eigenvalue weighted by atomic mass is 10.2. The molecule has 2 aromatic rings. The van der Waals surface area contributed by atoms with Crippen LogP contribution in [0.2, 0.25) is 0 Å².